The summed E-state index contributed by atoms with van der Waals surface area (Å²) in [6.45, 7) is 2.84. The van der Waals surface area contributed by atoms with Gasteiger partial charge in [0.25, 0.3) is 11.1 Å². The van der Waals surface area contributed by atoms with E-state index in [1.807, 2.05) is 42.0 Å². The van der Waals surface area contributed by atoms with Crippen LogP contribution >= 0.6 is 27.7 Å². The van der Waals surface area contributed by atoms with Gasteiger partial charge in [0.1, 0.15) is 5.82 Å². The van der Waals surface area contributed by atoms with E-state index in [2.05, 4.69) is 15.9 Å². The third kappa shape index (κ3) is 4.09. The van der Waals surface area contributed by atoms with Crippen molar-refractivity contribution in [3.63, 3.8) is 0 Å². The Kier molecular flexibility index (Phi) is 6.11. The predicted octanol–water partition coefficient (Wildman–Crippen LogP) is 6.43. The summed E-state index contributed by atoms with van der Waals surface area (Å²) in [7, 11) is 0. The van der Waals surface area contributed by atoms with E-state index in [9.17, 15) is 14.0 Å². The van der Waals surface area contributed by atoms with Gasteiger partial charge in [-0.25, -0.2) is 4.39 Å². The van der Waals surface area contributed by atoms with Gasteiger partial charge in [-0.3, -0.25) is 14.5 Å². The Hall–Kier alpha value is -2.38. The quantitative estimate of drug-likeness (QED) is 0.377. The van der Waals surface area contributed by atoms with Crippen molar-refractivity contribution in [1.82, 2.24) is 9.47 Å². The Balaban J connectivity index is 1.74. The van der Waals surface area contributed by atoms with Crippen LogP contribution in [0.3, 0.4) is 0 Å². The van der Waals surface area contributed by atoms with Crippen molar-refractivity contribution in [1.29, 1.82) is 0 Å². The maximum atomic E-state index is 14.2. The van der Waals surface area contributed by atoms with Crippen LogP contribution in [0.5, 0.6) is 0 Å². The van der Waals surface area contributed by atoms with E-state index < -0.39 is 0 Å². The molecule has 0 N–H and O–H groups in total. The molecule has 7 heteroatoms. The molecule has 0 saturated carbocycles. The highest BCUT2D eigenvalue weighted by atomic mass is 79.9. The number of carbonyl (C=O) groups is 2. The van der Waals surface area contributed by atoms with Crippen LogP contribution in [0.4, 0.5) is 9.18 Å². The third-order valence-electron chi connectivity index (χ3n) is 5.07. The fourth-order valence-electron chi connectivity index (χ4n) is 3.50. The first-order chi connectivity index (χ1) is 14.5. The van der Waals surface area contributed by atoms with Crippen LogP contribution in [0.2, 0.25) is 0 Å². The maximum absolute atomic E-state index is 14.2. The number of benzene rings is 2. The summed E-state index contributed by atoms with van der Waals surface area (Å²) in [5, 5.41) is 0.706. The highest BCUT2D eigenvalue weighted by molar-refractivity contribution is 9.10. The normalized spacial score (nSPS) is 15.7. The summed E-state index contributed by atoms with van der Waals surface area (Å²) in [6, 6.07) is 12.6. The second-order valence-electron chi connectivity index (χ2n) is 7.15. The van der Waals surface area contributed by atoms with Crippen LogP contribution in [0.25, 0.3) is 17.0 Å². The number of imide groups is 1. The minimum atomic E-state index is -0.255. The van der Waals surface area contributed by atoms with Gasteiger partial charge in [0.2, 0.25) is 0 Å². The summed E-state index contributed by atoms with van der Waals surface area (Å²) in [4.78, 5) is 26.7. The van der Waals surface area contributed by atoms with Gasteiger partial charge in [0, 0.05) is 39.2 Å². The largest absolute Gasteiger partial charge is 0.342 e. The Labute approximate surface area is 186 Å². The fourth-order valence-corrected chi connectivity index (χ4v) is 4.72. The number of hydrogen-bond donors (Lipinski definition) is 0. The number of halogens is 2. The van der Waals surface area contributed by atoms with Crippen LogP contribution in [0, 0.1) is 5.82 Å². The molecule has 30 heavy (non-hydrogen) atoms. The first-order valence-corrected chi connectivity index (χ1v) is 11.4. The van der Waals surface area contributed by atoms with Crippen molar-refractivity contribution in [2.45, 2.75) is 26.3 Å². The van der Waals surface area contributed by atoms with Gasteiger partial charge >= 0.3 is 0 Å². The van der Waals surface area contributed by atoms with Crippen molar-refractivity contribution < 1.29 is 14.0 Å². The lowest BCUT2D eigenvalue weighted by molar-refractivity contribution is -0.122. The number of nitrogens with zero attached hydrogens (tertiary/aromatic N) is 2. The molecule has 0 radical (unpaired) electrons. The molecule has 154 valence electrons. The number of unbranched alkanes of at least 4 members (excludes halogenated alkanes) is 1. The highest BCUT2D eigenvalue weighted by Crippen LogP contribution is 2.35. The molecule has 3 aromatic rings. The molecule has 2 heterocycles. The number of rotatable bonds is 6. The molecule has 1 aliphatic heterocycles. The molecular formula is C23H20BrFN2O2S. The minimum Gasteiger partial charge on any atom is -0.342 e. The molecule has 1 aromatic heterocycles. The summed E-state index contributed by atoms with van der Waals surface area (Å²) in [5.41, 5.74) is 2.34. The predicted molar refractivity (Wildman–Crippen MR) is 123 cm³/mol. The molecule has 4 rings (SSSR count). The van der Waals surface area contributed by atoms with Crippen LogP contribution in [0.1, 0.15) is 30.9 Å². The zero-order valence-electron chi connectivity index (χ0n) is 16.4. The van der Waals surface area contributed by atoms with Gasteiger partial charge in [-0.2, -0.15) is 0 Å². The van der Waals surface area contributed by atoms with Crippen molar-refractivity contribution in [3.05, 3.63) is 75.0 Å². The van der Waals surface area contributed by atoms with Gasteiger partial charge in [-0.05, 0) is 48.5 Å². The van der Waals surface area contributed by atoms with Crippen LogP contribution < -0.4 is 0 Å². The van der Waals surface area contributed by atoms with Gasteiger partial charge in [0.05, 0.1) is 11.4 Å². The first-order valence-electron chi connectivity index (χ1n) is 9.75. The van der Waals surface area contributed by atoms with Crippen molar-refractivity contribution >= 4 is 55.8 Å². The Morgan fingerprint density at radius 3 is 2.73 bits per heavy atom. The number of thioether (sulfide) groups is 1. The lowest BCUT2D eigenvalue weighted by atomic mass is 10.1. The summed E-state index contributed by atoms with van der Waals surface area (Å²) in [6.07, 6.45) is 5.38. The summed E-state index contributed by atoms with van der Waals surface area (Å²) in [5.74, 6) is -0.501. The van der Waals surface area contributed by atoms with Crippen molar-refractivity contribution in [3.8, 4) is 0 Å². The molecule has 1 saturated heterocycles. The lowest BCUT2D eigenvalue weighted by Crippen LogP contribution is -2.29. The molecule has 2 aromatic carbocycles. The van der Waals surface area contributed by atoms with E-state index in [-0.39, 0.29) is 17.0 Å². The summed E-state index contributed by atoms with van der Waals surface area (Å²) >= 11 is 4.48. The van der Waals surface area contributed by atoms with Gasteiger partial charge in [-0.15, -0.1) is 0 Å². The molecule has 0 unspecified atom stereocenters. The average molecular weight is 487 g/mol. The lowest BCUT2D eigenvalue weighted by Gasteiger charge is -2.10. The van der Waals surface area contributed by atoms with E-state index in [1.54, 1.807) is 18.2 Å². The van der Waals surface area contributed by atoms with E-state index in [0.717, 1.165) is 45.5 Å². The third-order valence-corrected chi connectivity index (χ3v) is 6.47. The van der Waals surface area contributed by atoms with Gasteiger partial charge < -0.3 is 4.57 Å². The number of amides is 2. The van der Waals surface area contributed by atoms with Crippen LogP contribution in [-0.4, -0.2) is 27.2 Å². The molecule has 1 fully saturated rings. The van der Waals surface area contributed by atoms with Crippen LogP contribution in [-0.2, 0) is 11.3 Å². The number of carbonyl (C=O) groups excluding carboxylic acids is 2. The molecule has 0 aliphatic carbocycles. The zero-order chi connectivity index (χ0) is 21.3. The SMILES string of the molecule is CCCCN1C(=O)S/C(=C\c2cn(Cc3ccccc3F)c3ccc(Br)cc23)C1=O. The second kappa shape index (κ2) is 8.78. The first kappa shape index (κ1) is 20.9. The zero-order valence-corrected chi connectivity index (χ0v) is 18.8. The smallest absolute Gasteiger partial charge is 0.293 e. The van der Waals surface area contributed by atoms with Crippen molar-refractivity contribution in [2.75, 3.05) is 6.54 Å². The Morgan fingerprint density at radius 1 is 1.17 bits per heavy atom. The summed E-state index contributed by atoms with van der Waals surface area (Å²) < 4.78 is 17.1. The van der Waals surface area contributed by atoms with E-state index in [1.165, 1.54) is 11.0 Å². The number of hydrogen-bond acceptors (Lipinski definition) is 3. The fraction of sp³-hybridized carbons (Fsp3) is 0.217. The van der Waals surface area contributed by atoms with E-state index >= 15 is 0 Å². The highest BCUT2D eigenvalue weighted by Gasteiger charge is 2.34. The molecule has 0 atom stereocenters. The molecule has 0 spiro atoms. The van der Waals surface area contributed by atoms with Crippen LogP contribution in [0.15, 0.2) is 58.0 Å². The standard InChI is InChI=1S/C23H20BrFN2O2S/c1-2-3-10-27-22(28)21(30-23(27)29)11-16-14-26(13-15-6-4-5-7-19(15)25)20-9-8-17(24)12-18(16)20/h4-9,11-12,14H,2-3,10,13H2,1H3/b21-11-. The molecule has 1 aliphatic rings. The molecule has 2 amide bonds. The monoisotopic (exact) mass is 486 g/mol. The number of fused-ring (bicyclic) bond motifs is 1. The molecular weight excluding hydrogens is 467 g/mol. The molecule has 4 nitrogen and oxygen atoms in total. The van der Waals surface area contributed by atoms with Gasteiger partial charge in [0.15, 0.2) is 0 Å². The molecule has 0 bridgehead atoms. The van der Waals surface area contributed by atoms with E-state index in [4.69, 9.17) is 0 Å². The Bertz CT molecular complexity index is 1170. The average Bonchev–Trinajstić information content (AvgIpc) is 3.19. The maximum Gasteiger partial charge on any atom is 0.293 e. The Morgan fingerprint density at radius 2 is 1.97 bits per heavy atom. The topological polar surface area (TPSA) is 42.3 Å². The second-order valence-corrected chi connectivity index (χ2v) is 9.06. The van der Waals surface area contributed by atoms with E-state index in [0.29, 0.717) is 23.6 Å². The number of aromatic nitrogens is 1. The van der Waals surface area contributed by atoms with Gasteiger partial charge in [-0.1, -0.05) is 47.5 Å². The minimum absolute atomic E-state index is 0.226. The van der Waals surface area contributed by atoms with Crippen molar-refractivity contribution in [2.24, 2.45) is 0 Å².